The van der Waals surface area contributed by atoms with Crippen LogP contribution in [0.5, 0.6) is 0 Å². The summed E-state index contributed by atoms with van der Waals surface area (Å²) in [5.74, 6) is 1.91. The third-order valence-electron chi connectivity index (χ3n) is 2.89. The van der Waals surface area contributed by atoms with Gasteiger partial charge in [-0.25, -0.2) is 0 Å². The number of furan rings is 1. The molecule has 2 N–H and O–H groups in total. The highest BCUT2D eigenvalue weighted by Crippen LogP contribution is 2.29. The Labute approximate surface area is 96.1 Å². The van der Waals surface area contributed by atoms with E-state index in [4.69, 9.17) is 10.2 Å². The molecule has 2 rings (SSSR count). The van der Waals surface area contributed by atoms with Crippen molar-refractivity contribution in [2.45, 2.75) is 27.2 Å². The number of hydrogen-bond donors (Lipinski definition) is 1. The topological polar surface area (TPSA) is 39.2 Å². The Balaban J connectivity index is 2.51. The van der Waals surface area contributed by atoms with Gasteiger partial charge in [0, 0.05) is 17.7 Å². The second-order valence-electron chi connectivity index (χ2n) is 4.14. The van der Waals surface area contributed by atoms with Crippen LogP contribution < -0.4 is 5.73 Å². The normalized spacial score (nSPS) is 10.7. The van der Waals surface area contributed by atoms with Gasteiger partial charge in [0.1, 0.15) is 11.5 Å². The highest BCUT2D eigenvalue weighted by molar-refractivity contribution is 5.69. The molecule has 16 heavy (non-hydrogen) atoms. The van der Waals surface area contributed by atoms with Crippen LogP contribution in [-0.4, -0.2) is 0 Å². The third kappa shape index (κ3) is 1.83. The Morgan fingerprint density at radius 1 is 1.12 bits per heavy atom. The first-order valence-corrected chi connectivity index (χ1v) is 5.57. The molecule has 1 heterocycles. The van der Waals surface area contributed by atoms with E-state index in [-0.39, 0.29) is 0 Å². The molecule has 0 fully saturated rings. The Hall–Kier alpha value is -1.70. The number of aryl methyl sites for hydroxylation is 3. The summed E-state index contributed by atoms with van der Waals surface area (Å²) in [6, 6.07) is 8.11. The van der Waals surface area contributed by atoms with Gasteiger partial charge in [0.15, 0.2) is 0 Å². The maximum atomic E-state index is 5.92. The molecule has 84 valence electrons. The fourth-order valence-corrected chi connectivity index (χ4v) is 1.85. The molecule has 0 aliphatic heterocycles. The fourth-order valence-electron chi connectivity index (χ4n) is 1.85. The standard InChI is InChI=1S/C14H17NO/c1-4-11-5-6-14(16-11)12-8-13(15)10(3)7-9(12)2/h5-8H,4,15H2,1-3H3. The summed E-state index contributed by atoms with van der Waals surface area (Å²) in [5, 5.41) is 0. The number of nitrogen functional groups attached to an aromatic ring is 1. The van der Waals surface area contributed by atoms with Crippen molar-refractivity contribution in [3.63, 3.8) is 0 Å². The first-order chi connectivity index (χ1) is 7.61. The van der Waals surface area contributed by atoms with Crippen LogP contribution in [0.1, 0.15) is 23.8 Å². The Kier molecular flexibility index (Phi) is 2.73. The van der Waals surface area contributed by atoms with Crippen LogP contribution >= 0.6 is 0 Å². The highest BCUT2D eigenvalue weighted by atomic mass is 16.3. The van der Waals surface area contributed by atoms with Crippen LogP contribution in [0.4, 0.5) is 5.69 Å². The van der Waals surface area contributed by atoms with Crippen molar-refractivity contribution in [2.24, 2.45) is 0 Å². The van der Waals surface area contributed by atoms with Crippen molar-refractivity contribution in [3.8, 4) is 11.3 Å². The highest BCUT2D eigenvalue weighted by Gasteiger charge is 2.08. The second kappa shape index (κ2) is 4.05. The van der Waals surface area contributed by atoms with Gasteiger partial charge in [-0.2, -0.15) is 0 Å². The van der Waals surface area contributed by atoms with E-state index in [1.807, 2.05) is 25.1 Å². The number of anilines is 1. The van der Waals surface area contributed by atoms with Gasteiger partial charge in [-0.3, -0.25) is 0 Å². The quantitative estimate of drug-likeness (QED) is 0.776. The minimum absolute atomic E-state index is 0.815. The molecule has 0 radical (unpaired) electrons. The number of nitrogens with two attached hydrogens (primary N) is 1. The number of hydrogen-bond acceptors (Lipinski definition) is 2. The van der Waals surface area contributed by atoms with Crippen molar-refractivity contribution in [1.82, 2.24) is 0 Å². The molecule has 2 nitrogen and oxygen atoms in total. The van der Waals surface area contributed by atoms with E-state index < -0.39 is 0 Å². The van der Waals surface area contributed by atoms with Crippen LogP contribution in [-0.2, 0) is 6.42 Å². The predicted molar refractivity (Wildman–Crippen MR) is 67.4 cm³/mol. The van der Waals surface area contributed by atoms with Crippen LogP contribution in [0, 0.1) is 13.8 Å². The summed E-state index contributed by atoms with van der Waals surface area (Å²) < 4.78 is 5.74. The van der Waals surface area contributed by atoms with E-state index in [0.29, 0.717) is 0 Å². The van der Waals surface area contributed by atoms with E-state index in [1.165, 1.54) is 5.56 Å². The Morgan fingerprint density at radius 2 is 1.88 bits per heavy atom. The van der Waals surface area contributed by atoms with Crippen molar-refractivity contribution < 1.29 is 4.42 Å². The average molecular weight is 215 g/mol. The Morgan fingerprint density at radius 3 is 2.50 bits per heavy atom. The van der Waals surface area contributed by atoms with E-state index in [9.17, 15) is 0 Å². The van der Waals surface area contributed by atoms with Gasteiger partial charge in [-0.05, 0) is 43.2 Å². The zero-order chi connectivity index (χ0) is 11.7. The molecule has 0 amide bonds. The molecule has 0 unspecified atom stereocenters. The molecule has 0 aliphatic rings. The smallest absolute Gasteiger partial charge is 0.134 e. The molecule has 2 heteroatoms. The number of benzene rings is 1. The predicted octanol–water partition coefficient (Wildman–Crippen LogP) is 3.71. The van der Waals surface area contributed by atoms with Gasteiger partial charge in [0.25, 0.3) is 0 Å². The van der Waals surface area contributed by atoms with Crippen LogP contribution in [0.2, 0.25) is 0 Å². The number of rotatable bonds is 2. The minimum Gasteiger partial charge on any atom is -0.461 e. The molecule has 0 atom stereocenters. The first-order valence-electron chi connectivity index (χ1n) is 5.57. The molecule has 1 aromatic heterocycles. The van der Waals surface area contributed by atoms with Crippen LogP contribution in [0.15, 0.2) is 28.7 Å². The van der Waals surface area contributed by atoms with Gasteiger partial charge in [0.2, 0.25) is 0 Å². The van der Waals surface area contributed by atoms with Gasteiger partial charge in [-0.15, -0.1) is 0 Å². The summed E-state index contributed by atoms with van der Waals surface area (Å²) in [5.41, 5.74) is 10.1. The van der Waals surface area contributed by atoms with Crippen molar-refractivity contribution in [2.75, 3.05) is 5.73 Å². The lowest BCUT2D eigenvalue weighted by Crippen LogP contribution is -1.92. The zero-order valence-corrected chi connectivity index (χ0v) is 10.0. The fraction of sp³-hybridized carbons (Fsp3) is 0.286. The molecule has 0 saturated carbocycles. The van der Waals surface area contributed by atoms with E-state index in [1.54, 1.807) is 0 Å². The monoisotopic (exact) mass is 215 g/mol. The lowest BCUT2D eigenvalue weighted by molar-refractivity contribution is 0.529. The van der Waals surface area contributed by atoms with Gasteiger partial charge in [0.05, 0.1) is 0 Å². The maximum absolute atomic E-state index is 5.92. The lowest BCUT2D eigenvalue weighted by Gasteiger charge is -2.07. The van der Waals surface area contributed by atoms with Gasteiger partial charge in [-0.1, -0.05) is 13.0 Å². The van der Waals surface area contributed by atoms with Gasteiger partial charge < -0.3 is 10.2 Å². The first kappa shape index (κ1) is 10.8. The van der Waals surface area contributed by atoms with Crippen LogP contribution in [0.25, 0.3) is 11.3 Å². The second-order valence-corrected chi connectivity index (χ2v) is 4.14. The molecule has 0 spiro atoms. The van der Waals surface area contributed by atoms with Crippen molar-refractivity contribution >= 4 is 5.69 Å². The summed E-state index contributed by atoms with van der Waals surface area (Å²) in [6.07, 6.45) is 0.917. The SMILES string of the molecule is CCc1ccc(-c2cc(N)c(C)cc2C)o1. The molecular weight excluding hydrogens is 198 g/mol. The maximum Gasteiger partial charge on any atom is 0.134 e. The van der Waals surface area contributed by atoms with Gasteiger partial charge >= 0.3 is 0 Å². The molecule has 0 aliphatic carbocycles. The summed E-state index contributed by atoms with van der Waals surface area (Å²) >= 11 is 0. The van der Waals surface area contributed by atoms with Crippen molar-refractivity contribution in [3.05, 3.63) is 41.2 Å². The molecular formula is C14H17NO. The largest absolute Gasteiger partial charge is 0.461 e. The zero-order valence-electron chi connectivity index (χ0n) is 10.0. The van der Waals surface area contributed by atoms with Crippen molar-refractivity contribution in [1.29, 1.82) is 0 Å². The summed E-state index contributed by atoms with van der Waals surface area (Å²) in [7, 11) is 0. The molecule has 0 saturated heterocycles. The van der Waals surface area contributed by atoms with E-state index in [0.717, 1.165) is 34.8 Å². The molecule has 0 bridgehead atoms. The Bertz CT molecular complexity index is 511. The van der Waals surface area contributed by atoms with Crippen LogP contribution in [0.3, 0.4) is 0 Å². The summed E-state index contributed by atoms with van der Waals surface area (Å²) in [4.78, 5) is 0. The molecule has 2 aromatic rings. The van der Waals surface area contributed by atoms with E-state index >= 15 is 0 Å². The minimum atomic E-state index is 0.815. The summed E-state index contributed by atoms with van der Waals surface area (Å²) in [6.45, 7) is 6.18. The molecule has 1 aromatic carbocycles. The lowest BCUT2D eigenvalue weighted by atomic mass is 10.0. The third-order valence-corrected chi connectivity index (χ3v) is 2.89. The van der Waals surface area contributed by atoms with E-state index in [2.05, 4.69) is 19.9 Å². The average Bonchev–Trinajstić information content (AvgIpc) is 2.71.